The van der Waals surface area contributed by atoms with Gasteiger partial charge in [-0.1, -0.05) is 11.6 Å². The van der Waals surface area contributed by atoms with Gasteiger partial charge in [-0.3, -0.25) is 0 Å². The number of nitrogen functional groups attached to an aromatic ring is 1. The van der Waals surface area contributed by atoms with Crippen molar-refractivity contribution in [3.05, 3.63) is 35.1 Å². The Morgan fingerprint density at radius 2 is 2.24 bits per heavy atom. The number of benzene rings is 1. The number of hydrogen-bond acceptors (Lipinski definition) is 7. The highest BCUT2D eigenvalue weighted by Crippen LogP contribution is 2.29. The van der Waals surface area contributed by atoms with Gasteiger partial charge < -0.3 is 20.1 Å². The van der Waals surface area contributed by atoms with Crippen molar-refractivity contribution in [2.24, 2.45) is 0 Å². The van der Waals surface area contributed by atoms with E-state index in [9.17, 15) is 9.18 Å². The third kappa shape index (κ3) is 3.64. The van der Waals surface area contributed by atoms with Crippen LogP contribution in [0.5, 0.6) is 0 Å². The fourth-order valence-corrected chi connectivity index (χ4v) is 2.76. The fraction of sp³-hybridized carbons (Fsp3) is 0.312. The highest BCUT2D eigenvalue weighted by Gasteiger charge is 2.29. The number of rotatable bonds is 3. The second-order valence-electron chi connectivity index (χ2n) is 5.46. The molecule has 25 heavy (non-hydrogen) atoms. The molecule has 1 aromatic heterocycles. The van der Waals surface area contributed by atoms with Crippen molar-refractivity contribution >= 4 is 29.1 Å². The molecule has 7 nitrogen and oxygen atoms in total. The molecule has 2 aromatic rings. The highest BCUT2D eigenvalue weighted by molar-refractivity contribution is 6.30. The number of aromatic nitrogens is 2. The van der Waals surface area contributed by atoms with E-state index in [1.807, 2.05) is 0 Å². The van der Waals surface area contributed by atoms with Crippen LogP contribution in [0.2, 0.25) is 5.02 Å². The smallest absolute Gasteiger partial charge is 0.336 e. The Balaban J connectivity index is 1.87. The molecule has 3 rings (SSSR count). The van der Waals surface area contributed by atoms with Gasteiger partial charge in [-0.15, -0.1) is 10.2 Å². The molecule has 2 N–H and O–H groups in total. The number of anilines is 2. The largest absolute Gasteiger partial charge is 0.467 e. The highest BCUT2D eigenvalue weighted by atomic mass is 35.5. The van der Waals surface area contributed by atoms with Gasteiger partial charge in [0.1, 0.15) is 5.82 Å². The average molecular weight is 367 g/mol. The Hall–Kier alpha value is -2.45. The zero-order valence-electron chi connectivity index (χ0n) is 13.4. The van der Waals surface area contributed by atoms with E-state index in [4.69, 9.17) is 26.8 Å². The maximum atomic E-state index is 14.0. The van der Waals surface area contributed by atoms with E-state index < -0.39 is 17.9 Å². The van der Waals surface area contributed by atoms with Crippen LogP contribution in [0, 0.1) is 5.82 Å². The number of methoxy groups -OCH3 is 1. The first kappa shape index (κ1) is 17.4. The lowest BCUT2D eigenvalue weighted by Crippen LogP contribution is -2.47. The van der Waals surface area contributed by atoms with Crippen molar-refractivity contribution < 1.29 is 18.7 Å². The molecule has 1 aliphatic rings. The summed E-state index contributed by atoms with van der Waals surface area (Å²) in [7, 11) is 1.30. The maximum absolute atomic E-state index is 14.0. The number of esters is 1. The van der Waals surface area contributed by atoms with Crippen LogP contribution >= 0.6 is 11.6 Å². The standard InChI is InChI=1S/C16H16ClFN4O3/c1-24-16(23)14-8-22(4-5-25-14)15-12(19)7-13(20-21-15)10-6-9(17)2-3-11(10)18/h2-3,6-7,14H,4-5,8H2,1H3,(H2,19,20). The monoisotopic (exact) mass is 366 g/mol. The Morgan fingerprint density at radius 1 is 1.44 bits per heavy atom. The Labute approximate surface area is 148 Å². The van der Waals surface area contributed by atoms with Crippen LogP contribution in [-0.2, 0) is 14.3 Å². The Morgan fingerprint density at radius 3 is 2.96 bits per heavy atom. The quantitative estimate of drug-likeness (QED) is 0.829. The molecular weight excluding hydrogens is 351 g/mol. The van der Waals surface area contributed by atoms with Crippen molar-refractivity contribution in [2.45, 2.75) is 6.10 Å². The normalized spacial score (nSPS) is 17.4. The van der Waals surface area contributed by atoms with E-state index in [1.54, 1.807) is 4.90 Å². The molecule has 0 bridgehead atoms. The zero-order chi connectivity index (χ0) is 18.0. The molecule has 1 aromatic carbocycles. The fourth-order valence-electron chi connectivity index (χ4n) is 2.59. The molecule has 0 saturated carbocycles. The van der Waals surface area contributed by atoms with Gasteiger partial charge in [-0.25, -0.2) is 9.18 Å². The second-order valence-corrected chi connectivity index (χ2v) is 5.90. The molecule has 0 radical (unpaired) electrons. The lowest BCUT2D eigenvalue weighted by atomic mass is 10.1. The minimum Gasteiger partial charge on any atom is -0.467 e. The SMILES string of the molecule is COC(=O)C1CN(c2nnc(-c3cc(Cl)ccc3F)cc2N)CCO1. The first-order chi connectivity index (χ1) is 12.0. The van der Waals surface area contributed by atoms with Crippen molar-refractivity contribution in [1.29, 1.82) is 0 Å². The maximum Gasteiger partial charge on any atom is 0.336 e. The van der Waals surface area contributed by atoms with Crippen molar-refractivity contribution in [2.75, 3.05) is 37.4 Å². The van der Waals surface area contributed by atoms with E-state index in [0.29, 0.717) is 29.7 Å². The van der Waals surface area contributed by atoms with Crippen molar-refractivity contribution in [1.82, 2.24) is 10.2 Å². The van der Waals surface area contributed by atoms with E-state index in [0.717, 1.165) is 0 Å². The molecular formula is C16H16ClFN4O3. The molecule has 1 atom stereocenters. The summed E-state index contributed by atoms with van der Waals surface area (Å²) >= 11 is 5.91. The Bertz CT molecular complexity index is 805. The van der Waals surface area contributed by atoms with Crippen LogP contribution in [-0.4, -0.2) is 49.1 Å². The number of morpholine rings is 1. The van der Waals surface area contributed by atoms with E-state index in [2.05, 4.69) is 10.2 Å². The number of carbonyl (C=O) groups excluding carboxylic acids is 1. The van der Waals surface area contributed by atoms with Gasteiger partial charge in [0.05, 0.1) is 31.6 Å². The van der Waals surface area contributed by atoms with Crippen LogP contribution in [0.15, 0.2) is 24.3 Å². The number of halogens is 2. The van der Waals surface area contributed by atoms with Gasteiger partial charge in [0.25, 0.3) is 0 Å². The van der Waals surface area contributed by atoms with Crippen LogP contribution < -0.4 is 10.6 Å². The van der Waals surface area contributed by atoms with Crippen molar-refractivity contribution in [3.8, 4) is 11.3 Å². The molecule has 1 aliphatic heterocycles. The molecule has 0 amide bonds. The van der Waals surface area contributed by atoms with Crippen LogP contribution in [0.1, 0.15) is 0 Å². The summed E-state index contributed by atoms with van der Waals surface area (Å²) < 4.78 is 24.0. The number of nitrogens with two attached hydrogens (primary N) is 1. The van der Waals surface area contributed by atoms with Crippen molar-refractivity contribution in [3.63, 3.8) is 0 Å². The second kappa shape index (κ2) is 7.20. The molecule has 1 saturated heterocycles. The number of hydrogen-bond donors (Lipinski definition) is 1. The van der Waals surface area contributed by atoms with E-state index >= 15 is 0 Å². The van der Waals surface area contributed by atoms with E-state index in [-0.39, 0.29) is 17.8 Å². The van der Waals surface area contributed by atoms with Gasteiger partial charge in [0.15, 0.2) is 11.9 Å². The summed E-state index contributed by atoms with van der Waals surface area (Å²) in [6.45, 7) is 1.07. The predicted octanol–water partition coefficient (Wildman–Crippen LogP) is 1.90. The van der Waals surface area contributed by atoms with Crippen LogP contribution in [0.25, 0.3) is 11.3 Å². The van der Waals surface area contributed by atoms with E-state index in [1.165, 1.54) is 31.4 Å². The average Bonchev–Trinajstić information content (AvgIpc) is 2.63. The number of carbonyl (C=O) groups is 1. The lowest BCUT2D eigenvalue weighted by Gasteiger charge is -2.32. The lowest BCUT2D eigenvalue weighted by molar-refractivity contribution is -0.154. The topological polar surface area (TPSA) is 90.6 Å². The minimum absolute atomic E-state index is 0.215. The minimum atomic E-state index is -0.718. The van der Waals surface area contributed by atoms with Crippen LogP contribution in [0.3, 0.4) is 0 Å². The van der Waals surface area contributed by atoms with Gasteiger partial charge >= 0.3 is 5.97 Å². The summed E-state index contributed by atoms with van der Waals surface area (Å²) in [4.78, 5) is 13.4. The first-order valence-electron chi connectivity index (χ1n) is 7.52. The van der Waals surface area contributed by atoms with Crippen LogP contribution in [0.4, 0.5) is 15.9 Å². The summed E-state index contributed by atoms with van der Waals surface area (Å²) in [5.74, 6) is -0.528. The summed E-state index contributed by atoms with van der Waals surface area (Å²) in [5.41, 5.74) is 6.88. The molecule has 0 aliphatic carbocycles. The molecule has 9 heteroatoms. The van der Waals surface area contributed by atoms with Gasteiger partial charge in [-0.2, -0.15) is 0 Å². The Kier molecular flexibility index (Phi) is 5.00. The predicted molar refractivity (Wildman–Crippen MR) is 90.8 cm³/mol. The third-order valence-electron chi connectivity index (χ3n) is 3.84. The molecule has 1 fully saturated rings. The number of ether oxygens (including phenoxy) is 2. The zero-order valence-corrected chi connectivity index (χ0v) is 14.2. The molecule has 2 heterocycles. The summed E-state index contributed by atoms with van der Waals surface area (Å²) in [6, 6.07) is 5.69. The summed E-state index contributed by atoms with van der Waals surface area (Å²) in [5, 5.41) is 8.54. The molecule has 1 unspecified atom stereocenters. The van der Waals surface area contributed by atoms with Gasteiger partial charge in [0, 0.05) is 17.1 Å². The van der Waals surface area contributed by atoms with Gasteiger partial charge in [0.2, 0.25) is 0 Å². The van der Waals surface area contributed by atoms with Gasteiger partial charge in [-0.05, 0) is 24.3 Å². The third-order valence-corrected chi connectivity index (χ3v) is 4.07. The summed E-state index contributed by atoms with van der Waals surface area (Å²) in [6.07, 6.45) is -0.718. The molecule has 132 valence electrons. The number of nitrogens with zero attached hydrogens (tertiary/aromatic N) is 3. The molecule has 0 spiro atoms. The first-order valence-corrected chi connectivity index (χ1v) is 7.90.